The Morgan fingerprint density at radius 2 is 2.29 bits per heavy atom. The van der Waals surface area contributed by atoms with Crippen LogP contribution in [0.25, 0.3) is 0 Å². The Balaban J connectivity index is 2.94. The van der Waals surface area contributed by atoms with E-state index in [2.05, 4.69) is 0 Å². The lowest BCUT2D eigenvalue weighted by molar-refractivity contribution is 0.622. The first-order valence-corrected chi connectivity index (χ1v) is 4.43. The third kappa shape index (κ3) is 2.39. The van der Waals surface area contributed by atoms with Gasteiger partial charge in [0.15, 0.2) is 0 Å². The summed E-state index contributed by atoms with van der Waals surface area (Å²) in [5, 5.41) is 0. The summed E-state index contributed by atoms with van der Waals surface area (Å²) in [6.07, 6.45) is 0.496. The van der Waals surface area contributed by atoms with Gasteiger partial charge in [-0.2, -0.15) is 0 Å². The molecule has 0 aliphatic carbocycles. The molecule has 76 valence electrons. The predicted molar refractivity (Wildman–Crippen MR) is 53.1 cm³/mol. The van der Waals surface area contributed by atoms with Gasteiger partial charge >= 0.3 is 0 Å². The highest BCUT2D eigenvalue weighted by atomic mass is 19.1. The molecule has 0 aliphatic rings. The van der Waals surface area contributed by atoms with Crippen LogP contribution in [0.1, 0.15) is 18.4 Å². The average Bonchev–Trinajstić information content (AvgIpc) is 2.19. The predicted octanol–water partition coefficient (Wildman–Crippen LogP) is 2.74. The zero-order valence-electron chi connectivity index (χ0n) is 8.00. The van der Waals surface area contributed by atoms with Gasteiger partial charge in [0.1, 0.15) is 5.82 Å². The lowest BCUT2D eigenvalue weighted by Crippen LogP contribution is -2.09. The average molecular weight is 197 g/mol. The van der Waals surface area contributed by atoms with E-state index >= 15 is 0 Å². The molecule has 0 fully saturated rings. The van der Waals surface area contributed by atoms with Gasteiger partial charge in [-0.1, -0.05) is 19.1 Å². The molecule has 1 rings (SSSR count). The highest BCUT2D eigenvalue weighted by Gasteiger charge is 2.10. The molecule has 1 aromatic rings. The van der Waals surface area contributed by atoms with Crippen molar-refractivity contribution in [3.05, 3.63) is 47.5 Å². The van der Waals surface area contributed by atoms with Crippen LogP contribution < -0.4 is 5.73 Å². The molecule has 0 bridgehead atoms. The van der Waals surface area contributed by atoms with Crippen molar-refractivity contribution in [2.24, 2.45) is 5.73 Å². The quantitative estimate of drug-likeness (QED) is 0.792. The van der Waals surface area contributed by atoms with Crippen molar-refractivity contribution in [3.8, 4) is 0 Å². The standard InChI is InChI=1S/C11H13F2N/c1-8(10(6-12)7-14)9-3-2-4-11(13)5-9/h2-6,8H,7,14H2,1H3/b10-6+. The van der Waals surface area contributed by atoms with Crippen molar-refractivity contribution in [1.82, 2.24) is 0 Å². The summed E-state index contributed by atoms with van der Waals surface area (Å²) in [5.41, 5.74) is 6.56. The maximum Gasteiger partial charge on any atom is 0.123 e. The Morgan fingerprint density at radius 3 is 2.79 bits per heavy atom. The van der Waals surface area contributed by atoms with Crippen molar-refractivity contribution >= 4 is 0 Å². The second-order valence-electron chi connectivity index (χ2n) is 3.16. The van der Waals surface area contributed by atoms with Gasteiger partial charge in [-0.05, 0) is 23.3 Å². The summed E-state index contributed by atoms with van der Waals surface area (Å²) < 4.78 is 25.2. The molecule has 0 saturated carbocycles. The van der Waals surface area contributed by atoms with Crippen LogP contribution in [0.2, 0.25) is 0 Å². The van der Waals surface area contributed by atoms with Crippen molar-refractivity contribution in [1.29, 1.82) is 0 Å². The molecular weight excluding hydrogens is 184 g/mol. The number of hydrogen-bond donors (Lipinski definition) is 1. The third-order valence-corrected chi connectivity index (χ3v) is 2.28. The highest BCUT2D eigenvalue weighted by Crippen LogP contribution is 2.23. The Kier molecular flexibility index (Phi) is 3.77. The summed E-state index contributed by atoms with van der Waals surface area (Å²) in [4.78, 5) is 0. The van der Waals surface area contributed by atoms with E-state index in [-0.39, 0.29) is 18.3 Å². The van der Waals surface area contributed by atoms with Gasteiger partial charge in [0.05, 0.1) is 6.33 Å². The Morgan fingerprint density at radius 1 is 1.57 bits per heavy atom. The van der Waals surface area contributed by atoms with Crippen molar-refractivity contribution in [2.75, 3.05) is 6.54 Å². The van der Waals surface area contributed by atoms with Crippen LogP contribution in [0.4, 0.5) is 8.78 Å². The molecule has 0 aliphatic heterocycles. The maximum atomic E-state index is 12.9. The number of halogens is 2. The van der Waals surface area contributed by atoms with Crippen LogP contribution in [0.5, 0.6) is 0 Å². The highest BCUT2D eigenvalue weighted by molar-refractivity contribution is 5.28. The molecule has 1 aromatic carbocycles. The summed E-state index contributed by atoms with van der Waals surface area (Å²) in [6.45, 7) is 1.95. The first-order chi connectivity index (χ1) is 6.69. The van der Waals surface area contributed by atoms with Crippen LogP contribution in [-0.4, -0.2) is 6.54 Å². The molecule has 0 aromatic heterocycles. The monoisotopic (exact) mass is 197 g/mol. The number of rotatable bonds is 3. The van der Waals surface area contributed by atoms with E-state index in [4.69, 9.17) is 5.73 Å². The minimum absolute atomic E-state index is 0.147. The van der Waals surface area contributed by atoms with Crippen LogP contribution >= 0.6 is 0 Å². The zero-order chi connectivity index (χ0) is 10.6. The minimum atomic E-state index is -0.315. The fourth-order valence-corrected chi connectivity index (χ4v) is 1.31. The Hall–Kier alpha value is -1.22. The second kappa shape index (κ2) is 4.86. The molecule has 1 nitrogen and oxygen atoms in total. The molecule has 0 saturated heterocycles. The fraction of sp³-hybridized carbons (Fsp3) is 0.273. The lowest BCUT2D eigenvalue weighted by Gasteiger charge is -2.13. The second-order valence-corrected chi connectivity index (χ2v) is 3.16. The first kappa shape index (κ1) is 10.9. The van der Waals surface area contributed by atoms with Crippen LogP contribution in [0, 0.1) is 5.82 Å². The number of hydrogen-bond acceptors (Lipinski definition) is 1. The van der Waals surface area contributed by atoms with E-state index in [9.17, 15) is 8.78 Å². The van der Waals surface area contributed by atoms with Crippen LogP contribution in [0.3, 0.4) is 0 Å². The Labute approximate surface area is 82.2 Å². The molecule has 0 heterocycles. The van der Waals surface area contributed by atoms with Gasteiger partial charge in [-0.15, -0.1) is 0 Å². The van der Waals surface area contributed by atoms with E-state index in [0.29, 0.717) is 11.9 Å². The smallest absolute Gasteiger partial charge is 0.123 e. The molecule has 1 atom stereocenters. The molecule has 14 heavy (non-hydrogen) atoms. The van der Waals surface area contributed by atoms with E-state index < -0.39 is 0 Å². The largest absolute Gasteiger partial charge is 0.327 e. The molecule has 3 heteroatoms. The third-order valence-electron chi connectivity index (χ3n) is 2.28. The summed E-state index contributed by atoms with van der Waals surface area (Å²) in [7, 11) is 0. The number of benzene rings is 1. The molecule has 0 radical (unpaired) electrons. The van der Waals surface area contributed by atoms with Crippen molar-refractivity contribution < 1.29 is 8.78 Å². The fourth-order valence-electron chi connectivity index (χ4n) is 1.31. The van der Waals surface area contributed by atoms with Gasteiger partial charge < -0.3 is 5.73 Å². The Bertz CT molecular complexity index is 334. The van der Waals surface area contributed by atoms with Gasteiger partial charge in [0, 0.05) is 12.5 Å². The number of nitrogens with two attached hydrogens (primary N) is 1. The van der Waals surface area contributed by atoms with E-state index in [1.807, 2.05) is 0 Å². The van der Waals surface area contributed by atoms with Crippen molar-refractivity contribution in [2.45, 2.75) is 12.8 Å². The van der Waals surface area contributed by atoms with Gasteiger partial charge in [-0.25, -0.2) is 8.78 Å². The summed E-state index contributed by atoms with van der Waals surface area (Å²) in [5.74, 6) is -0.495. The minimum Gasteiger partial charge on any atom is -0.327 e. The van der Waals surface area contributed by atoms with Gasteiger partial charge in [-0.3, -0.25) is 0 Å². The topological polar surface area (TPSA) is 26.0 Å². The molecule has 2 N–H and O–H groups in total. The molecular formula is C11H13F2N. The SMILES string of the molecule is CC(/C(=C/F)CN)c1cccc(F)c1. The van der Waals surface area contributed by atoms with Gasteiger partial charge in [0.2, 0.25) is 0 Å². The van der Waals surface area contributed by atoms with Crippen LogP contribution in [-0.2, 0) is 0 Å². The maximum absolute atomic E-state index is 12.9. The van der Waals surface area contributed by atoms with E-state index in [1.165, 1.54) is 12.1 Å². The van der Waals surface area contributed by atoms with Gasteiger partial charge in [0.25, 0.3) is 0 Å². The normalized spacial score (nSPS) is 14.1. The van der Waals surface area contributed by atoms with Crippen molar-refractivity contribution in [3.63, 3.8) is 0 Å². The zero-order valence-corrected chi connectivity index (χ0v) is 8.00. The molecule has 0 amide bonds. The summed E-state index contributed by atoms with van der Waals surface area (Å²) in [6, 6.07) is 6.11. The summed E-state index contributed by atoms with van der Waals surface area (Å²) >= 11 is 0. The van der Waals surface area contributed by atoms with E-state index in [0.717, 1.165) is 5.56 Å². The molecule has 1 unspecified atom stereocenters. The van der Waals surface area contributed by atoms with Crippen LogP contribution in [0.15, 0.2) is 36.2 Å². The first-order valence-electron chi connectivity index (χ1n) is 4.43. The lowest BCUT2D eigenvalue weighted by atomic mass is 9.94. The molecule has 0 spiro atoms. The van der Waals surface area contributed by atoms with E-state index in [1.54, 1.807) is 19.1 Å².